The Morgan fingerprint density at radius 2 is 1.00 bits per heavy atom. The second kappa shape index (κ2) is 21.5. The molecule has 22 nitrogen and oxygen atoms in total. The van der Waals surface area contributed by atoms with Crippen LogP contribution in [-0.4, -0.2) is 65.8 Å². The van der Waals surface area contributed by atoms with Crippen molar-refractivity contribution in [3.63, 3.8) is 0 Å². The average Bonchev–Trinajstić information content (AvgIpc) is 3.82. The Morgan fingerprint density at radius 3 is 1.33 bits per heavy atom. The van der Waals surface area contributed by atoms with Gasteiger partial charge in [-0.15, -0.1) is 0 Å². The minimum atomic E-state index is -2.61. The van der Waals surface area contributed by atoms with Crippen LogP contribution in [0.3, 0.4) is 0 Å². The molecule has 0 bridgehead atoms. The van der Waals surface area contributed by atoms with Gasteiger partial charge in [0.05, 0.1) is 57.9 Å². The van der Waals surface area contributed by atoms with Crippen LogP contribution in [0.15, 0.2) is 86.0 Å². The van der Waals surface area contributed by atoms with E-state index >= 15 is 0 Å². The van der Waals surface area contributed by atoms with Gasteiger partial charge in [-0.25, -0.2) is 38.7 Å². The number of hydrogen-bond acceptors (Lipinski definition) is 20. The van der Waals surface area contributed by atoms with Gasteiger partial charge in [0.25, 0.3) is 0 Å². The number of nitrogens with zero attached hydrogens (tertiary/aromatic N) is 12. The molecule has 0 spiro atoms. The smallest absolute Gasteiger partial charge is 0.308 e. The molecular formula is C40H36F2N18O4S2. The number of nitrogens with two attached hydrogens (primary N) is 2. The van der Waals surface area contributed by atoms with E-state index in [0.29, 0.717) is 45.4 Å². The number of benzene rings is 2. The molecule has 8 N–H and O–H groups in total. The molecule has 0 saturated carbocycles. The minimum absolute atomic E-state index is 0.0932. The van der Waals surface area contributed by atoms with Crippen LogP contribution in [0, 0.1) is 57.7 Å². The molecular weight excluding hydrogens is 899 g/mol. The monoisotopic (exact) mass is 934 g/mol. The van der Waals surface area contributed by atoms with Crippen molar-refractivity contribution < 1.29 is 25.6 Å². The number of imidazole rings is 2. The molecule has 0 aliphatic rings. The molecule has 26 heteroatoms. The van der Waals surface area contributed by atoms with E-state index in [0.717, 1.165) is 22.5 Å². The summed E-state index contributed by atoms with van der Waals surface area (Å²) in [6, 6.07) is 16.0. The van der Waals surface area contributed by atoms with Crippen molar-refractivity contribution in [3.8, 4) is 23.5 Å². The molecule has 0 aliphatic carbocycles. The number of nitriles is 2. The first kappa shape index (κ1) is 48.2. The first-order chi connectivity index (χ1) is 31.4. The van der Waals surface area contributed by atoms with Gasteiger partial charge in [-0.1, -0.05) is 0 Å². The van der Waals surface area contributed by atoms with Gasteiger partial charge in [0.1, 0.15) is 82.5 Å². The molecule has 6 aromatic heterocycles. The first-order valence-electron chi connectivity index (χ1n) is 18.8. The number of fused-ring (bicyclic) bond motifs is 2. The highest BCUT2D eigenvalue weighted by Gasteiger charge is 2.23. The van der Waals surface area contributed by atoms with E-state index < -0.39 is 21.0 Å². The molecule has 0 aliphatic heterocycles. The summed E-state index contributed by atoms with van der Waals surface area (Å²) in [6.45, 7) is 7.61. The molecule has 0 unspecified atom stereocenters. The van der Waals surface area contributed by atoms with E-state index in [9.17, 15) is 19.3 Å². The third kappa shape index (κ3) is 11.8. The second-order valence-corrected chi connectivity index (χ2v) is 14.6. The summed E-state index contributed by atoms with van der Waals surface area (Å²) in [4.78, 5) is 33.8. The summed E-state index contributed by atoms with van der Waals surface area (Å²) in [5.41, 5.74) is 17.8. The van der Waals surface area contributed by atoms with E-state index in [-0.39, 0.29) is 46.5 Å². The van der Waals surface area contributed by atoms with Crippen LogP contribution in [0.4, 0.5) is 32.1 Å². The number of aryl methyl sites for hydroxylation is 2. The van der Waals surface area contributed by atoms with Gasteiger partial charge < -0.3 is 22.1 Å². The third-order valence-corrected chi connectivity index (χ3v) is 8.98. The van der Waals surface area contributed by atoms with E-state index in [1.807, 2.05) is 61.1 Å². The summed E-state index contributed by atoms with van der Waals surface area (Å²) in [6.07, 6.45) is 9.44. The Labute approximate surface area is 376 Å². The zero-order valence-electron chi connectivity index (χ0n) is 35.0. The fourth-order valence-electron chi connectivity index (χ4n) is 6.36. The maximum Gasteiger partial charge on any atom is 0.308 e. The summed E-state index contributed by atoms with van der Waals surface area (Å²) in [5.74, 6) is 1.30. The van der Waals surface area contributed by atoms with Gasteiger partial charge in [-0.2, -0.15) is 36.9 Å². The molecule has 0 amide bonds. The lowest BCUT2D eigenvalue weighted by Crippen LogP contribution is -2.15. The Bertz CT molecular complexity index is 3170. The Balaban J connectivity index is 0.000000213. The SMILES string of the molecule is Cc1cncc(-n2c([C@@H](C)Nc3ncnc(N)c3C#N)nc3ccc(F)cc32)c1.Cc1cncc(-n2c([C@H](C)Nc3ncnc(N)c3C#N)nc3ccc(F)cc32)c1.N=S(=O)=O.N=S(=O)=O. The fourth-order valence-corrected chi connectivity index (χ4v) is 6.36. The zero-order valence-corrected chi connectivity index (χ0v) is 36.6. The highest BCUT2D eigenvalue weighted by molar-refractivity contribution is 7.60. The molecule has 2 aromatic carbocycles. The standard InChI is InChI=1S/2C20H17FN8.2HNO2S/c2*1-11-5-14(9-24-8-11)29-17-6-13(21)3-4-16(17)28-20(29)12(2)27-19-15(7-22)18(23)25-10-26-19;2*1-4(2)3/h2*3-6,8-10,12H,1-2H3,(H3,23,25,26,27);2*1H/t2*12-;;/m10../s1. The van der Waals surface area contributed by atoms with Gasteiger partial charge in [-0.05, 0) is 75.2 Å². The summed E-state index contributed by atoms with van der Waals surface area (Å²) < 4.78 is 77.3. The Morgan fingerprint density at radius 1 is 0.636 bits per heavy atom. The molecule has 336 valence electrons. The van der Waals surface area contributed by atoms with E-state index in [1.54, 1.807) is 36.9 Å². The molecule has 0 saturated heterocycles. The van der Waals surface area contributed by atoms with Crippen LogP contribution in [0.1, 0.15) is 59.8 Å². The second-order valence-electron chi connectivity index (χ2n) is 13.7. The first-order valence-corrected chi connectivity index (χ1v) is 20.9. The number of anilines is 4. The van der Waals surface area contributed by atoms with Crippen molar-refractivity contribution in [2.24, 2.45) is 0 Å². The maximum absolute atomic E-state index is 14.0. The topological polar surface area (TPSA) is 353 Å². The maximum atomic E-state index is 14.0. The fraction of sp³-hybridized carbons (Fsp3) is 0.150. The van der Waals surface area contributed by atoms with Crippen LogP contribution in [-0.2, 0) is 21.0 Å². The van der Waals surface area contributed by atoms with Crippen molar-refractivity contribution >= 4 is 66.3 Å². The highest BCUT2D eigenvalue weighted by Crippen LogP contribution is 2.31. The Hall–Kier alpha value is -8.88. The lowest BCUT2D eigenvalue weighted by molar-refractivity contribution is 0.618. The largest absolute Gasteiger partial charge is 0.382 e. The van der Waals surface area contributed by atoms with E-state index in [4.69, 9.17) is 37.9 Å². The number of nitrogen functional groups attached to an aromatic ring is 2. The number of nitrogens with one attached hydrogen (secondary N) is 4. The van der Waals surface area contributed by atoms with Crippen molar-refractivity contribution in [1.29, 1.82) is 20.1 Å². The number of pyridine rings is 2. The highest BCUT2D eigenvalue weighted by atomic mass is 32.2. The van der Waals surface area contributed by atoms with Crippen LogP contribution >= 0.6 is 0 Å². The molecule has 0 radical (unpaired) electrons. The third-order valence-electron chi connectivity index (χ3n) is 8.98. The molecule has 8 rings (SSSR count). The van der Waals surface area contributed by atoms with Crippen molar-refractivity contribution in [3.05, 3.63) is 132 Å². The zero-order chi connectivity index (χ0) is 48.2. The minimum Gasteiger partial charge on any atom is -0.382 e. The molecule has 2 atom stereocenters. The van der Waals surface area contributed by atoms with Crippen LogP contribution < -0.4 is 22.1 Å². The predicted molar refractivity (Wildman–Crippen MR) is 237 cm³/mol. The Kier molecular flexibility index (Phi) is 15.7. The number of halogens is 2. The number of aromatic nitrogens is 10. The summed E-state index contributed by atoms with van der Waals surface area (Å²) in [7, 11) is -5.22. The molecule has 66 heavy (non-hydrogen) atoms. The normalized spacial score (nSPS) is 11.2. The van der Waals surface area contributed by atoms with Crippen molar-refractivity contribution in [1.82, 2.24) is 49.0 Å². The number of hydrogen-bond donors (Lipinski definition) is 6. The lowest BCUT2D eigenvalue weighted by atomic mass is 10.2. The van der Waals surface area contributed by atoms with Crippen LogP contribution in [0.5, 0.6) is 0 Å². The average molecular weight is 935 g/mol. The van der Waals surface area contributed by atoms with Crippen LogP contribution in [0.2, 0.25) is 0 Å². The van der Waals surface area contributed by atoms with Gasteiger partial charge in [-0.3, -0.25) is 19.1 Å². The molecule has 0 fully saturated rings. The van der Waals surface area contributed by atoms with E-state index in [2.05, 4.69) is 50.5 Å². The quantitative estimate of drug-likeness (QED) is 0.104. The summed E-state index contributed by atoms with van der Waals surface area (Å²) >= 11 is 0. The van der Waals surface area contributed by atoms with Gasteiger partial charge >= 0.3 is 21.0 Å². The lowest BCUT2D eigenvalue weighted by Gasteiger charge is -2.17. The molecule has 6 heterocycles. The van der Waals surface area contributed by atoms with Gasteiger partial charge in [0, 0.05) is 24.5 Å². The van der Waals surface area contributed by atoms with Gasteiger partial charge in [0.15, 0.2) is 0 Å². The van der Waals surface area contributed by atoms with Crippen molar-refractivity contribution in [2.75, 3.05) is 22.1 Å². The number of rotatable bonds is 8. The predicted octanol–water partition coefficient (Wildman–Crippen LogP) is 5.83. The summed E-state index contributed by atoms with van der Waals surface area (Å²) in [5, 5.41) is 25.1. The van der Waals surface area contributed by atoms with Crippen LogP contribution in [0.25, 0.3) is 33.4 Å². The van der Waals surface area contributed by atoms with Gasteiger partial charge in [0.2, 0.25) is 0 Å². The van der Waals surface area contributed by atoms with Crippen molar-refractivity contribution in [2.45, 2.75) is 39.8 Å². The molecule has 8 aromatic rings. The van der Waals surface area contributed by atoms with E-state index in [1.165, 1.54) is 36.9 Å².